The van der Waals surface area contributed by atoms with Crippen molar-refractivity contribution in [3.8, 4) is 11.3 Å². The number of aryl methyl sites for hydroxylation is 1. The summed E-state index contributed by atoms with van der Waals surface area (Å²) in [5.41, 5.74) is 1.92. The molecule has 8 nitrogen and oxygen atoms in total. The van der Waals surface area contributed by atoms with Gasteiger partial charge in [0.25, 0.3) is 5.56 Å². The zero-order valence-corrected chi connectivity index (χ0v) is 18.9. The molecule has 0 spiro atoms. The van der Waals surface area contributed by atoms with E-state index < -0.39 is 0 Å². The Balaban J connectivity index is 1.44. The number of furan rings is 1. The third kappa shape index (κ3) is 4.53. The second-order valence-electron chi connectivity index (χ2n) is 9.26. The summed E-state index contributed by atoms with van der Waals surface area (Å²) in [6, 6.07) is 5.78. The van der Waals surface area contributed by atoms with Gasteiger partial charge in [-0.3, -0.25) is 9.59 Å². The van der Waals surface area contributed by atoms with Crippen LogP contribution in [0.25, 0.3) is 22.2 Å². The van der Waals surface area contributed by atoms with E-state index in [-0.39, 0.29) is 29.5 Å². The molecule has 2 aliphatic rings. The van der Waals surface area contributed by atoms with Crippen molar-refractivity contribution in [2.45, 2.75) is 57.5 Å². The van der Waals surface area contributed by atoms with Crippen molar-refractivity contribution in [3.63, 3.8) is 0 Å². The number of pyridine rings is 2. The zero-order valence-electron chi connectivity index (χ0n) is 18.9. The van der Waals surface area contributed by atoms with Crippen LogP contribution in [-0.2, 0) is 4.79 Å². The topological polar surface area (TPSA) is 112 Å². The van der Waals surface area contributed by atoms with Crippen LogP contribution in [0.4, 0.5) is 5.82 Å². The van der Waals surface area contributed by atoms with E-state index >= 15 is 0 Å². The van der Waals surface area contributed by atoms with Gasteiger partial charge in [0.2, 0.25) is 5.91 Å². The van der Waals surface area contributed by atoms with Crippen molar-refractivity contribution in [1.29, 1.82) is 0 Å². The highest BCUT2D eigenvalue weighted by atomic mass is 16.3. The van der Waals surface area contributed by atoms with Crippen LogP contribution >= 0.6 is 0 Å². The number of H-pyrrole nitrogens is 1. The Labute approximate surface area is 192 Å². The molecule has 3 aromatic rings. The Hall–Kier alpha value is -3.13. The molecule has 0 radical (unpaired) electrons. The van der Waals surface area contributed by atoms with Crippen LogP contribution in [0, 0.1) is 12.8 Å². The second kappa shape index (κ2) is 9.39. The minimum atomic E-state index is -0.209. The van der Waals surface area contributed by atoms with Gasteiger partial charge in [-0.15, -0.1) is 0 Å². The predicted molar refractivity (Wildman–Crippen MR) is 128 cm³/mol. The largest absolute Gasteiger partial charge is 0.464 e. The minimum absolute atomic E-state index is 0.0789. The lowest BCUT2D eigenvalue weighted by Gasteiger charge is -2.34. The first-order chi connectivity index (χ1) is 16.1. The highest BCUT2D eigenvalue weighted by Crippen LogP contribution is 2.32. The number of carbonyl (C=O) groups is 1. The fourth-order valence-electron chi connectivity index (χ4n) is 5.07. The Morgan fingerprint density at radius 1 is 1.21 bits per heavy atom. The number of amides is 1. The number of rotatable bonds is 5. The van der Waals surface area contributed by atoms with E-state index in [9.17, 15) is 9.59 Å². The Bertz CT molecular complexity index is 1180. The molecule has 1 aliphatic heterocycles. The SMILES string of the molecule is Cc1cc2c(-c3ccco3)cnc(NC3CCNC[C@H]3C(=O)NC3CCCCC3)c2[nH]c1=O. The van der Waals surface area contributed by atoms with Crippen LogP contribution in [0.1, 0.15) is 44.1 Å². The first kappa shape index (κ1) is 21.7. The number of hydrogen-bond acceptors (Lipinski definition) is 6. The normalized spacial score (nSPS) is 21.7. The van der Waals surface area contributed by atoms with Crippen molar-refractivity contribution in [2.75, 3.05) is 18.4 Å². The molecule has 4 heterocycles. The molecule has 1 saturated heterocycles. The fourth-order valence-corrected chi connectivity index (χ4v) is 5.07. The third-order valence-electron chi connectivity index (χ3n) is 6.96. The third-order valence-corrected chi connectivity index (χ3v) is 6.96. The van der Waals surface area contributed by atoms with Crippen LogP contribution in [0.3, 0.4) is 0 Å². The molecule has 3 aromatic heterocycles. The van der Waals surface area contributed by atoms with Gasteiger partial charge < -0.3 is 25.4 Å². The highest BCUT2D eigenvalue weighted by molar-refractivity contribution is 5.98. The van der Waals surface area contributed by atoms with E-state index in [1.54, 1.807) is 19.4 Å². The van der Waals surface area contributed by atoms with Crippen LogP contribution < -0.4 is 21.5 Å². The maximum Gasteiger partial charge on any atom is 0.251 e. The van der Waals surface area contributed by atoms with Gasteiger partial charge in [-0.05, 0) is 50.9 Å². The van der Waals surface area contributed by atoms with Crippen molar-refractivity contribution in [2.24, 2.45) is 5.92 Å². The zero-order chi connectivity index (χ0) is 22.8. The van der Waals surface area contributed by atoms with Crippen LogP contribution in [0.5, 0.6) is 0 Å². The number of carbonyl (C=O) groups excluding carboxylic acids is 1. The number of aromatic nitrogens is 2. The molecule has 1 aliphatic carbocycles. The summed E-state index contributed by atoms with van der Waals surface area (Å²) in [7, 11) is 0. The first-order valence-electron chi connectivity index (χ1n) is 11.9. The summed E-state index contributed by atoms with van der Waals surface area (Å²) in [5, 5.41) is 11.0. The molecule has 2 fully saturated rings. The Kier molecular flexibility index (Phi) is 6.17. The predicted octanol–water partition coefficient (Wildman–Crippen LogP) is 3.33. The van der Waals surface area contributed by atoms with Crippen molar-refractivity contribution in [1.82, 2.24) is 20.6 Å². The van der Waals surface area contributed by atoms with Crippen LogP contribution in [-0.4, -0.2) is 41.0 Å². The molecule has 1 amide bonds. The Morgan fingerprint density at radius 3 is 2.85 bits per heavy atom. The summed E-state index contributed by atoms with van der Waals surface area (Å²) < 4.78 is 5.59. The lowest BCUT2D eigenvalue weighted by molar-refractivity contribution is -0.126. The van der Waals surface area contributed by atoms with Crippen LogP contribution in [0.15, 0.2) is 39.9 Å². The lowest BCUT2D eigenvalue weighted by atomic mass is 9.90. The molecule has 0 aromatic carbocycles. The number of nitrogens with zero attached hydrogens (tertiary/aromatic N) is 1. The summed E-state index contributed by atoms with van der Waals surface area (Å²) in [4.78, 5) is 33.3. The summed E-state index contributed by atoms with van der Waals surface area (Å²) in [6.07, 6.45) is 9.92. The van der Waals surface area contributed by atoms with E-state index in [1.165, 1.54) is 19.3 Å². The maximum atomic E-state index is 13.2. The molecule has 8 heteroatoms. The van der Waals surface area contributed by atoms with E-state index in [0.717, 1.165) is 36.8 Å². The molecular formula is C25H31N5O3. The van der Waals surface area contributed by atoms with Crippen molar-refractivity contribution >= 4 is 22.6 Å². The van der Waals surface area contributed by atoms with E-state index in [1.807, 2.05) is 18.2 Å². The summed E-state index contributed by atoms with van der Waals surface area (Å²) in [6.45, 7) is 3.23. The maximum absolute atomic E-state index is 13.2. The second-order valence-corrected chi connectivity index (χ2v) is 9.26. The molecule has 2 atom stereocenters. The number of aromatic amines is 1. The first-order valence-corrected chi connectivity index (χ1v) is 11.9. The quantitative estimate of drug-likeness (QED) is 0.475. The van der Waals surface area contributed by atoms with Crippen molar-refractivity contribution < 1.29 is 9.21 Å². The fraction of sp³-hybridized carbons (Fsp3) is 0.480. The van der Waals surface area contributed by atoms with Gasteiger partial charge in [-0.2, -0.15) is 0 Å². The van der Waals surface area contributed by atoms with E-state index in [2.05, 4.69) is 25.9 Å². The summed E-state index contributed by atoms with van der Waals surface area (Å²) >= 11 is 0. The van der Waals surface area contributed by atoms with Crippen molar-refractivity contribution in [3.05, 3.63) is 46.6 Å². The average Bonchev–Trinajstić information content (AvgIpc) is 3.36. The van der Waals surface area contributed by atoms with Gasteiger partial charge in [0.15, 0.2) is 5.82 Å². The van der Waals surface area contributed by atoms with E-state index in [4.69, 9.17) is 4.42 Å². The monoisotopic (exact) mass is 449 g/mol. The molecule has 33 heavy (non-hydrogen) atoms. The molecule has 0 bridgehead atoms. The number of anilines is 1. The minimum Gasteiger partial charge on any atom is -0.464 e. The van der Waals surface area contributed by atoms with Gasteiger partial charge in [0.1, 0.15) is 5.76 Å². The van der Waals surface area contributed by atoms with Gasteiger partial charge >= 0.3 is 0 Å². The number of hydrogen-bond donors (Lipinski definition) is 4. The van der Waals surface area contributed by atoms with Gasteiger partial charge in [0, 0.05) is 41.3 Å². The lowest BCUT2D eigenvalue weighted by Crippen LogP contribution is -2.53. The molecule has 4 N–H and O–H groups in total. The smallest absolute Gasteiger partial charge is 0.251 e. The van der Waals surface area contributed by atoms with Gasteiger partial charge in [0.05, 0.1) is 17.7 Å². The molecule has 1 saturated carbocycles. The molecular weight excluding hydrogens is 418 g/mol. The highest BCUT2D eigenvalue weighted by Gasteiger charge is 2.33. The number of piperidine rings is 1. The molecule has 5 rings (SSSR count). The molecule has 174 valence electrons. The number of nitrogens with one attached hydrogen (secondary N) is 4. The molecule has 1 unspecified atom stereocenters. The van der Waals surface area contributed by atoms with Crippen LogP contribution in [0.2, 0.25) is 0 Å². The summed E-state index contributed by atoms with van der Waals surface area (Å²) in [5.74, 6) is 1.16. The van der Waals surface area contributed by atoms with Gasteiger partial charge in [-0.25, -0.2) is 4.98 Å². The average molecular weight is 450 g/mol. The standard InChI is InChI=1S/C25H31N5O3/c1-15-12-17-18(21-8-5-11-33-21)14-27-23(22(17)30-24(15)31)29-20-9-10-26-13-19(20)25(32)28-16-6-3-2-4-7-16/h5,8,11-12,14,16,19-20,26H,2-4,6-7,9-10,13H2,1H3,(H,27,29)(H,28,32)(H,30,31)/t19-,20?/m1/s1. The Morgan fingerprint density at radius 2 is 2.06 bits per heavy atom. The van der Waals surface area contributed by atoms with Gasteiger partial charge in [-0.1, -0.05) is 19.3 Å². The van der Waals surface area contributed by atoms with E-state index in [0.29, 0.717) is 29.2 Å². The number of fused-ring (bicyclic) bond motifs is 1.